The number of piperidine rings is 1. The Hall–Kier alpha value is -1.19. The molecule has 0 bridgehead atoms. The van der Waals surface area contributed by atoms with Crippen LogP contribution >= 0.6 is 0 Å². The first-order valence-corrected chi connectivity index (χ1v) is 6.24. The van der Waals surface area contributed by atoms with E-state index in [4.69, 9.17) is 0 Å². The molecule has 0 aromatic carbocycles. The van der Waals surface area contributed by atoms with Gasteiger partial charge in [0.2, 0.25) is 5.78 Å². The number of nitrogens with zero attached hydrogens (tertiary/aromatic N) is 1. The molecule has 1 amide bonds. The summed E-state index contributed by atoms with van der Waals surface area (Å²) in [5.41, 5.74) is -0.637. The molecule has 0 N–H and O–H groups in total. The van der Waals surface area contributed by atoms with E-state index in [1.54, 1.807) is 13.8 Å². The summed E-state index contributed by atoms with van der Waals surface area (Å²) in [5.74, 6) is -0.873. The number of Topliss-reactive ketones (excluding diaryl/α,β-unsaturated/α-hetero) is 1. The van der Waals surface area contributed by atoms with E-state index >= 15 is 0 Å². The van der Waals surface area contributed by atoms with Crippen molar-refractivity contribution in [1.29, 1.82) is 0 Å². The Morgan fingerprint density at radius 2 is 2.00 bits per heavy atom. The zero-order chi connectivity index (χ0) is 13.1. The molecule has 0 aliphatic carbocycles. The van der Waals surface area contributed by atoms with E-state index in [1.165, 1.54) is 4.90 Å². The second kappa shape index (κ2) is 5.43. The molecule has 0 spiro atoms. The smallest absolute Gasteiger partial charge is 0.291 e. The number of carbonyl (C=O) groups excluding carboxylic acids is 3. The fraction of sp³-hybridized carbons (Fsp3) is 0.769. The zero-order valence-electron chi connectivity index (χ0n) is 10.9. The monoisotopic (exact) mass is 239 g/mol. The van der Waals surface area contributed by atoms with Crippen LogP contribution in [0, 0.1) is 5.41 Å². The van der Waals surface area contributed by atoms with Gasteiger partial charge in [0.1, 0.15) is 6.29 Å². The van der Waals surface area contributed by atoms with Crippen LogP contribution in [0.3, 0.4) is 0 Å². The molecule has 4 heteroatoms. The number of aldehydes is 1. The third-order valence-corrected chi connectivity index (χ3v) is 3.66. The minimum atomic E-state index is -0.637. The predicted octanol–water partition coefficient (Wildman–Crippen LogP) is 1.57. The Morgan fingerprint density at radius 1 is 1.35 bits per heavy atom. The van der Waals surface area contributed by atoms with Gasteiger partial charge in [0.15, 0.2) is 0 Å². The van der Waals surface area contributed by atoms with Crippen LogP contribution in [0.5, 0.6) is 0 Å². The van der Waals surface area contributed by atoms with Gasteiger partial charge in [0, 0.05) is 12.0 Å². The average molecular weight is 239 g/mol. The lowest BCUT2D eigenvalue weighted by Crippen LogP contribution is -2.50. The van der Waals surface area contributed by atoms with Gasteiger partial charge in [-0.3, -0.25) is 9.59 Å². The number of carbonyl (C=O) groups is 3. The largest absolute Gasteiger partial charge is 0.326 e. The minimum Gasteiger partial charge on any atom is -0.326 e. The molecular formula is C13H21NO3. The maximum atomic E-state index is 12.1. The molecule has 0 aromatic heterocycles. The van der Waals surface area contributed by atoms with Crippen molar-refractivity contribution in [1.82, 2.24) is 4.90 Å². The third-order valence-electron chi connectivity index (χ3n) is 3.66. The number of likely N-dealkylation sites (tertiary alicyclic amines) is 1. The topological polar surface area (TPSA) is 54.5 Å². The summed E-state index contributed by atoms with van der Waals surface area (Å²) >= 11 is 0. The van der Waals surface area contributed by atoms with E-state index < -0.39 is 17.4 Å². The van der Waals surface area contributed by atoms with Gasteiger partial charge in [-0.15, -0.1) is 0 Å². The van der Waals surface area contributed by atoms with Crippen molar-refractivity contribution in [2.24, 2.45) is 5.41 Å². The first kappa shape index (κ1) is 13.9. The van der Waals surface area contributed by atoms with Crippen LogP contribution in [-0.4, -0.2) is 35.5 Å². The van der Waals surface area contributed by atoms with Crippen LogP contribution in [-0.2, 0) is 14.4 Å². The molecule has 0 unspecified atom stereocenters. The fourth-order valence-electron chi connectivity index (χ4n) is 1.93. The highest BCUT2D eigenvalue weighted by molar-refractivity contribution is 6.38. The molecule has 4 nitrogen and oxygen atoms in total. The molecule has 96 valence electrons. The van der Waals surface area contributed by atoms with E-state index in [0.717, 1.165) is 19.1 Å². The van der Waals surface area contributed by atoms with Crippen molar-refractivity contribution in [3.8, 4) is 0 Å². The van der Waals surface area contributed by atoms with Crippen LogP contribution in [0.15, 0.2) is 0 Å². The number of amides is 1. The van der Waals surface area contributed by atoms with Gasteiger partial charge in [-0.1, -0.05) is 20.8 Å². The highest BCUT2D eigenvalue weighted by atomic mass is 16.2. The molecule has 0 saturated carbocycles. The van der Waals surface area contributed by atoms with E-state index in [0.29, 0.717) is 19.4 Å². The fourth-order valence-corrected chi connectivity index (χ4v) is 1.93. The maximum absolute atomic E-state index is 12.1. The third kappa shape index (κ3) is 2.93. The molecule has 1 aliphatic heterocycles. The van der Waals surface area contributed by atoms with Gasteiger partial charge < -0.3 is 9.69 Å². The van der Waals surface area contributed by atoms with Gasteiger partial charge in [-0.2, -0.15) is 0 Å². The van der Waals surface area contributed by atoms with Crippen molar-refractivity contribution >= 4 is 18.0 Å². The second-order valence-corrected chi connectivity index (χ2v) is 5.26. The Balaban J connectivity index is 2.81. The van der Waals surface area contributed by atoms with Gasteiger partial charge in [0.25, 0.3) is 5.91 Å². The second-order valence-electron chi connectivity index (χ2n) is 5.26. The highest BCUT2D eigenvalue weighted by Crippen LogP contribution is 2.24. The Labute approximate surface area is 102 Å². The maximum Gasteiger partial charge on any atom is 0.291 e. The molecule has 1 atom stereocenters. The SMILES string of the molecule is CCC(C)(C)C(=O)C(=O)N1CCCC[C@@H]1C=O. The van der Waals surface area contributed by atoms with Crippen molar-refractivity contribution in [3.05, 3.63) is 0 Å². The molecule has 0 aromatic rings. The first-order valence-electron chi connectivity index (χ1n) is 6.24. The summed E-state index contributed by atoms with van der Waals surface area (Å²) in [5, 5.41) is 0. The van der Waals surface area contributed by atoms with Crippen LogP contribution < -0.4 is 0 Å². The molecule has 1 fully saturated rings. The van der Waals surface area contributed by atoms with Crippen LogP contribution in [0.4, 0.5) is 0 Å². The lowest BCUT2D eigenvalue weighted by atomic mass is 9.84. The molecule has 17 heavy (non-hydrogen) atoms. The summed E-state index contributed by atoms with van der Waals surface area (Å²) < 4.78 is 0. The Kier molecular flexibility index (Phi) is 4.43. The summed E-state index contributed by atoms with van der Waals surface area (Å²) in [7, 11) is 0. The van der Waals surface area contributed by atoms with E-state index in [9.17, 15) is 14.4 Å². The minimum absolute atomic E-state index is 0.381. The Bertz CT molecular complexity index is 323. The van der Waals surface area contributed by atoms with Gasteiger partial charge >= 0.3 is 0 Å². The number of ketones is 1. The molecule has 1 aliphatic rings. The summed E-state index contributed by atoms with van der Waals surface area (Å²) in [4.78, 5) is 36.5. The van der Waals surface area contributed by atoms with Gasteiger partial charge in [-0.05, 0) is 25.7 Å². The standard InChI is InChI=1S/C13H21NO3/c1-4-13(2,3)11(16)12(17)14-8-6-5-7-10(14)9-15/h9-10H,4-8H2,1-3H3/t10-/m1/s1. The van der Waals surface area contributed by atoms with E-state index in [-0.39, 0.29) is 5.78 Å². The zero-order valence-corrected chi connectivity index (χ0v) is 10.9. The first-order chi connectivity index (χ1) is 7.94. The summed E-state index contributed by atoms with van der Waals surface area (Å²) in [6.45, 7) is 5.95. The molecule has 1 saturated heterocycles. The Morgan fingerprint density at radius 3 is 2.53 bits per heavy atom. The quantitative estimate of drug-likeness (QED) is 0.552. The van der Waals surface area contributed by atoms with Crippen LogP contribution in [0.1, 0.15) is 46.5 Å². The van der Waals surface area contributed by atoms with E-state index in [2.05, 4.69) is 0 Å². The highest BCUT2D eigenvalue weighted by Gasteiger charge is 2.37. The molecule has 1 heterocycles. The van der Waals surface area contributed by atoms with Crippen LogP contribution in [0.2, 0.25) is 0 Å². The number of rotatable bonds is 4. The van der Waals surface area contributed by atoms with Crippen molar-refractivity contribution in [3.63, 3.8) is 0 Å². The normalized spacial score (nSPS) is 21.1. The average Bonchev–Trinajstić information content (AvgIpc) is 2.36. The lowest BCUT2D eigenvalue weighted by molar-refractivity contribution is -0.152. The van der Waals surface area contributed by atoms with E-state index in [1.807, 2.05) is 6.92 Å². The number of hydrogen-bond donors (Lipinski definition) is 0. The molecular weight excluding hydrogens is 218 g/mol. The predicted molar refractivity (Wildman–Crippen MR) is 64.5 cm³/mol. The summed E-state index contributed by atoms with van der Waals surface area (Å²) in [6.07, 6.45) is 3.89. The van der Waals surface area contributed by atoms with Crippen molar-refractivity contribution < 1.29 is 14.4 Å². The summed E-state index contributed by atoms with van der Waals surface area (Å²) in [6, 6.07) is -0.409. The molecule has 1 rings (SSSR count). The number of hydrogen-bond acceptors (Lipinski definition) is 3. The van der Waals surface area contributed by atoms with Crippen LogP contribution in [0.25, 0.3) is 0 Å². The van der Waals surface area contributed by atoms with Gasteiger partial charge in [-0.25, -0.2) is 0 Å². The van der Waals surface area contributed by atoms with Crippen molar-refractivity contribution in [2.75, 3.05) is 6.54 Å². The lowest BCUT2D eigenvalue weighted by Gasteiger charge is -2.33. The molecule has 0 radical (unpaired) electrons. The van der Waals surface area contributed by atoms with Crippen molar-refractivity contribution in [2.45, 2.75) is 52.5 Å². The van der Waals surface area contributed by atoms with Gasteiger partial charge in [0.05, 0.1) is 6.04 Å².